The normalized spacial score (nSPS) is 20.2. The number of rotatable bonds is 3. The Bertz CT molecular complexity index is 883. The number of aromatic hydroxyl groups is 1. The molecule has 3 rings (SSSR count). The number of thiazole rings is 1. The Kier molecular flexibility index (Phi) is 4.36. The molecule has 0 aliphatic carbocycles. The summed E-state index contributed by atoms with van der Waals surface area (Å²) in [6, 6.07) is 5.71. The van der Waals surface area contributed by atoms with Crippen LogP contribution in [0.15, 0.2) is 34.7 Å². The topological polar surface area (TPSA) is 95.2 Å². The second-order valence-electron chi connectivity index (χ2n) is 5.37. The molecule has 0 unspecified atom stereocenters. The number of phenolic OH excluding ortho intramolecular Hbond substituents is 1. The number of alkyl halides is 3. The van der Waals surface area contributed by atoms with Crippen molar-refractivity contribution in [2.45, 2.75) is 18.3 Å². The van der Waals surface area contributed by atoms with Gasteiger partial charge in [-0.3, -0.25) is 0 Å². The number of aliphatic hydroxyl groups is 1. The molecule has 0 saturated heterocycles. The molecule has 1 aliphatic rings. The number of esters is 1. The van der Waals surface area contributed by atoms with Gasteiger partial charge in [-0.2, -0.15) is 23.3 Å². The number of benzene rings is 1. The Morgan fingerprint density at radius 1 is 1.38 bits per heavy atom. The smallest absolute Gasteiger partial charge is 0.438 e. The molecule has 2 heterocycles. The molecule has 1 aliphatic heterocycles. The first-order chi connectivity index (χ1) is 12.2. The first-order valence-corrected chi connectivity index (χ1v) is 8.04. The lowest BCUT2D eigenvalue weighted by molar-refractivity contribution is -0.254. The number of ether oxygens (including phenoxy) is 1. The van der Waals surface area contributed by atoms with Gasteiger partial charge in [0, 0.05) is 10.9 Å². The average Bonchev–Trinajstić information content (AvgIpc) is 3.19. The Morgan fingerprint density at radius 3 is 2.69 bits per heavy atom. The van der Waals surface area contributed by atoms with Gasteiger partial charge in [-0.15, -0.1) is 11.3 Å². The van der Waals surface area contributed by atoms with Gasteiger partial charge in [-0.1, -0.05) is 12.1 Å². The number of anilines is 1. The van der Waals surface area contributed by atoms with Gasteiger partial charge in [0.05, 0.1) is 19.2 Å². The third-order valence-corrected chi connectivity index (χ3v) is 4.54. The third kappa shape index (κ3) is 2.88. The van der Waals surface area contributed by atoms with E-state index in [2.05, 4.69) is 14.8 Å². The maximum absolute atomic E-state index is 13.6. The van der Waals surface area contributed by atoms with Crippen molar-refractivity contribution in [2.75, 3.05) is 12.1 Å². The van der Waals surface area contributed by atoms with Gasteiger partial charge in [-0.05, 0) is 12.1 Å². The molecule has 2 aromatic rings. The Labute approximate surface area is 149 Å². The predicted molar refractivity (Wildman–Crippen MR) is 86.2 cm³/mol. The second kappa shape index (κ2) is 6.25. The minimum Gasteiger partial charge on any atom is -0.507 e. The number of hydrazone groups is 1. The number of aromatic nitrogens is 1. The minimum absolute atomic E-state index is 0.0578. The van der Waals surface area contributed by atoms with Gasteiger partial charge in [0.25, 0.3) is 5.72 Å². The highest BCUT2D eigenvalue weighted by molar-refractivity contribution is 7.14. The zero-order valence-electron chi connectivity index (χ0n) is 13.2. The molecule has 0 amide bonds. The zero-order valence-corrected chi connectivity index (χ0v) is 14.0. The van der Waals surface area contributed by atoms with E-state index in [0.29, 0.717) is 16.3 Å². The van der Waals surface area contributed by atoms with Crippen LogP contribution < -0.4 is 5.01 Å². The van der Waals surface area contributed by atoms with Crippen molar-refractivity contribution in [3.8, 4) is 5.75 Å². The fraction of sp³-hybridized carbons (Fsp3) is 0.267. The van der Waals surface area contributed by atoms with Gasteiger partial charge in [0.2, 0.25) is 5.13 Å². The lowest BCUT2D eigenvalue weighted by atomic mass is 10.0. The van der Waals surface area contributed by atoms with Crippen molar-refractivity contribution >= 4 is 28.1 Å². The van der Waals surface area contributed by atoms with E-state index in [4.69, 9.17) is 0 Å². The summed E-state index contributed by atoms with van der Waals surface area (Å²) in [5, 5.41) is 25.2. The molecule has 0 radical (unpaired) electrons. The summed E-state index contributed by atoms with van der Waals surface area (Å²) in [6.45, 7) is 0. The van der Waals surface area contributed by atoms with Crippen LogP contribution in [0.2, 0.25) is 0 Å². The number of phenols is 1. The first kappa shape index (κ1) is 18.1. The number of nitrogens with zero attached hydrogens (tertiary/aromatic N) is 3. The predicted octanol–water partition coefficient (Wildman–Crippen LogP) is 2.50. The largest absolute Gasteiger partial charge is 0.507 e. The summed E-state index contributed by atoms with van der Waals surface area (Å²) in [5.41, 5.74) is -3.68. The summed E-state index contributed by atoms with van der Waals surface area (Å²) < 4.78 is 45.1. The fourth-order valence-corrected chi connectivity index (χ4v) is 3.20. The van der Waals surface area contributed by atoms with Crippen molar-refractivity contribution in [3.63, 3.8) is 0 Å². The summed E-state index contributed by atoms with van der Waals surface area (Å²) >= 11 is 0.695. The lowest BCUT2D eigenvalue weighted by Crippen LogP contribution is -2.55. The summed E-state index contributed by atoms with van der Waals surface area (Å²) in [5.74, 6) is -1.10. The highest BCUT2D eigenvalue weighted by Crippen LogP contribution is 2.45. The third-order valence-electron chi connectivity index (χ3n) is 3.72. The fourth-order valence-electron chi connectivity index (χ4n) is 2.40. The van der Waals surface area contributed by atoms with Gasteiger partial charge in [0.15, 0.2) is 5.69 Å². The molecule has 138 valence electrons. The second-order valence-corrected chi connectivity index (χ2v) is 6.21. The van der Waals surface area contributed by atoms with E-state index in [1.165, 1.54) is 29.6 Å². The van der Waals surface area contributed by atoms with E-state index in [0.717, 1.165) is 7.11 Å². The van der Waals surface area contributed by atoms with Crippen LogP contribution in [0.1, 0.15) is 22.5 Å². The quantitative estimate of drug-likeness (QED) is 0.786. The van der Waals surface area contributed by atoms with E-state index < -0.39 is 24.3 Å². The Hall–Kier alpha value is -2.66. The number of hydrogen-bond acceptors (Lipinski definition) is 8. The van der Waals surface area contributed by atoms with Crippen molar-refractivity contribution < 1.29 is 32.9 Å². The average molecular weight is 387 g/mol. The highest BCUT2D eigenvalue weighted by atomic mass is 32.1. The van der Waals surface area contributed by atoms with Crippen molar-refractivity contribution in [2.24, 2.45) is 5.10 Å². The van der Waals surface area contributed by atoms with Crippen LogP contribution in [-0.2, 0) is 4.74 Å². The molecule has 0 saturated carbocycles. The van der Waals surface area contributed by atoms with Gasteiger partial charge < -0.3 is 14.9 Å². The first-order valence-electron chi connectivity index (χ1n) is 7.16. The van der Waals surface area contributed by atoms with Gasteiger partial charge in [0.1, 0.15) is 5.75 Å². The van der Waals surface area contributed by atoms with Crippen molar-refractivity contribution in [3.05, 3.63) is 40.9 Å². The molecular weight excluding hydrogens is 375 g/mol. The van der Waals surface area contributed by atoms with E-state index in [-0.39, 0.29) is 27.9 Å². The van der Waals surface area contributed by atoms with Crippen molar-refractivity contribution in [1.29, 1.82) is 0 Å². The standard InChI is InChI=1S/C15H12F3N3O4S/c1-25-12(23)10-7-26-13(19-10)21-14(24,15(16,17)18)6-9(20-21)8-4-2-3-5-11(8)22/h2-5,7,22,24H,6H2,1H3/t14-/m1/s1. The van der Waals surface area contributed by atoms with E-state index in [1.807, 2.05) is 0 Å². The van der Waals surface area contributed by atoms with E-state index in [9.17, 15) is 28.2 Å². The number of carbonyl (C=O) groups is 1. The molecule has 0 spiro atoms. The SMILES string of the molecule is COC(=O)c1csc(N2N=C(c3ccccc3O)C[C@@]2(O)C(F)(F)F)n1. The van der Waals surface area contributed by atoms with E-state index in [1.54, 1.807) is 0 Å². The monoisotopic (exact) mass is 387 g/mol. The van der Waals surface area contributed by atoms with Crippen LogP contribution in [0.3, 0.4) is 0 Å². The molecular formula is C15H12F3N3O4S. The molecule has 0 fully saturated rings. The zero-order chi connectivity index (χ0) is 19.1. The lowest BCUT2D eigenvalue weighted by Gasteiger charge is -2.32. The highest BCUT2D eigenvalue weighted by Gasteiger charge is 2.62. The van der Waals surface area contributed by atoms with Crippen LogP contribution in [-0.4, -0.2) is 45.9 Å². The van der Waals surface area contributed by atoms with Crippen molar-refractivity contribution in [1.82, 2.24) is 4.98 Å². The van der Waals surface area contributed by atoms with Crippen LogP contribution in [0.4, 0.5) is 18.3 Å². The number of para-hydroxylation sites is 1. The molecule has 7 nitrogen and oxygen atoms in total. The van der Waals surface area contributed by atoms with Gasteiger partial charge >= 0.3 is 12.1 Å². The molecule has 0 bridgehead atoms. The molecule has 11 heteroatoms. The molecule has 1 aromatic carbocycles. The summed E-state index contributed by atoms with van der Waals surface area (Å²) in [7, 11) is 1.11. The number of methoxy groups -OCH3 is 1. The maximum Gasteiger partial charge on any atom is 0.438 e. The maximum atomic E-state index is 13.6. The number of carbonyl (C=O) groups excluding carboxylic acids is 1. The van der Waals surface area contributed by atoms with Gasteiger partial charge in [-0.25, -0.2) is 9.78 Å². The molecule has 26 heavy (non-hydrogen) atoms. The molecule has 2 N–H and O–H groups in total. The van der Waals surface area contributed by atoms with Crippen LogP contribution in [0, 0.1) is 0 Å². The summed E-state index contributed by atoms with van der Waals surface area (Å²) in [6.07, 6.45) is -5.99. The Morgan fingerprint density at radius 2 is 2.08 bits per heavy atom. The van der Waals surface area contributed by atoms with Crippen LogP contribution >= 0.6 is 11.3 Å². The summed E-state index contributed by atoms with van der Waals surface area (Å²) in [4.78, 5) is 15.2. The minimum atomic E-state index is -5.07. The Balaban J connectivity index is 2.08. The number of halogens is 3. The number of hydrogen-bond donors (Lipinski definition) is 2. The molecule has 1 aromatic heterocycles. The van der Waals surface area contributed by atoms with Crippen LogP contribution in [0.5, 0.6) is 5.75 Å². The molecule has 1 atom stereocenters. The van der Waals surface area contributed by atoms with Crippen LogP contribution in [0.25, 0.3) is 0 Å². The van der Waals surface area contributed by atoms with E-state index >= 15 is 0 Å².